The van der Waals surface area contributed by atoms with Crippen LogP contribution < -0.4 is 10.6 Å². The van der Waals surface area contributed by atoms with Crippen LogP contribution in [0.2, 0.25) is 0 Å². The topological polar surface area (TPSA) is 145 Å². The van der Waals surface area contributed by atoms with Gasteiger partial charge in [0.15, 0.2) is 11.5 Å². The molecule has 13 heteroatoms. The van der Waals surface area contributed by atoms with Gasteiger partial charge in [-0.3, -0.25) is 9.89 Å². The Morgan fingerprint density at radius 2 is 2.02 bits per heavy atom. The number of urea groups is 1. The summed E-state index contributed by atoms with van der Waals surface area (Å²) in [5.41, 5.74) is 1.85. The molecule has 3 amide bonds. The van der Waals surface area contributed by atoms with Crippen LogP contribution in [0.5, 0.6) is 0 Å². The van der Waals surface area contributed by atoms with E-state index >= 15 is 4.39 Å². The minimum atomic E-state index is -0.646. The fraction of sp³-hybridized carbons (Fsp3) is 0.429. The molecule has 1 aromatic carbocycles. The zero-order chi connectivity index (χ0) is 29.5. The number of H-pyrrole nitrogens is 1. The number of benzene rings is 1. The number of nitrogens with one attached hydrogen (secondary N) is 3. The van der Waals surface area contributed by atoms with Gasteiger partial charge in [0.25, 0.3) is 11.7 Å². The van der Waals surface area contributed by atoms with Gasteiger partial charge in [-0.15, -0.1) is 0 Å². The average Bonchev–Trinajstić information content (AvgIpc) is 3.68. The molecular formula is C28H34FN9O3. The van der Waals surface area contributed by atoms with Crippen molar-refractivity contribution < 1.29 is 18.5 Å². The van der Waals surface area contributed by atoms with E-state index in [9.17, 15) is 9.59 Å². The quantitative estimate of drug-likeness (QED) is 0.318. The van der Waals surface area contributed by atoms with Crippen molar-refractivity contribution in [1.29, 1.82) is 0 Å². The highest BCUT2D eigenvalue weighted by atomic mass is 19.1. The molecule has 3 N–H and O–H groups in total. The lowest BCUT2D eigenvalue weighted by Crippen LogP contribution is -2.38. The van der Waals surface area contributed by atoms with E-state index in [0.717, 1.165) is 17.4 Å². The summed E-state index contributed by atoms with van der Waals surface area (Å²) in [7, 11) is 3.47. The number of carbonyl (C=O) groups is 2. The van der Waals surface area contributed by atoms with Crippen molar-refractivity contribution in [2.45, 2.75) is 51.6 Å². The van der Waals surface area contributed by atoms with Gasteiger partial charge in [0.2, 0.25) is 5.89 Å². The minimum absolute atomic E-state index is 0.0145. The number of hydrogen-bond acceptors (Lipinski definition) is 8. The molecular weight excluding hydrogens is 529 g/mol. The Morgan fingerprint density at radius 1 is 1.24 bits per heavy atom. The molecule has 1 aliphatic rings. The molecule has 12 nitrogen and oxygen atoms in total. The van der Waals surface area contributed by atoms with Gasteiger partial charge < -0.3 is 25.0 Å². The molecule has 0 saturated carbocycles. The smallest absolute Gasteiger partial charge is 0.319 e. The van der Waals surface area contributed by atoms with Crippen molar-refractivity contribution in [3.05, 3.63) is 53.6 Å². The fourth-order valence-corrected chi connectivity index (χ4v) is 4.83. The number of pyridine rings is 1. The summed E-state index contributed by atoms with van der Waals surface area (Å²) in [4.78, 5) is 36.9. The van der Waals surface area contributed by atoms with Crippen LogP contribution in [-0.2, 0) is 5.41 Å². The Morgan fingerprint density at radius 3 is 2.71 bits per heavy atom. The molecule has 41 heavy (non-hydrogen) atoms. The third-order valence-electron chi connectivity index (χ3n) is 7.04. The van der Waals surface area contributed by atoms with Crippen molar-refractivity contribution in [2.75, 3.05) is 32.5 Å². The van der Waals surface area contributed by atoms with E-state index in [1.54, 1.807) is 49.1 Å². The number of aromatic amines is 1. The second-order valence-electron chi connectivity index (χ2n) is 11.5. The molecule has 1 fully saturated rings. The predicted octanol–water partition coefficient (Wildman–Crippen LogP) is 4.10. The Hall–Kier alpha value is -4.55. The highest BCUT2D eigenvalue weighted by Gasteiger charge is 2.29. The van der Waals surface area contributed by atoms with E-state index in [0.29, 0.717) is 41.6 Å². The van der Waals surface area contributed by atoms with Crippen LogP contribution in [0.25, 0.3) is 22.2 Å². The van der Waals surface area contributed by atoms with E-state index in [4.69, 9.17) is 4.52 Å². The molecule has 4 heterocycles. The first-order valence-electron chi connectivity index (χ1n) is 13.4. The van der Waals surface area contributed by atoms with Gasteiger partial charge in [0, 0.05) is 50.4 Å². The maximum atomic E-state index is 15.4. The zero-order valence-electron chi connectivity index (χ0n) is 23.9. The molecule has 0 bridgehead atoms. The molecule has 1 saturated heterocycles. The summed E-state index contributed by atoms with van der Waals surface area (Å²) in [6, 6.07) is 6.02. The molecule has 5 rings (SSSR count). The second-order valence-corrected chi connectivity index (χ2v) is 11.5. The first kappa shape index (κ1) is 28.0. The van der Waals surface area contributed by atoms with Crippen LogP contribution in [0.15, 0.2) is 35.0 Å². The molecule has 4 aromatic rings. The van der Waals surface area contributed by atoms with Crippen LogP contribution in [0.1, 0.15) is 62.2 Å². The third-order valence-corrected chi connectivity index (χ3v) is 7.04. The van der Waals surface area contributed by atoms with E-state index < -0.39 is 23.2 Å². The Bertz CT molecular complexity index is 1590. The molecule has 0 aliphatic carbocycles. The maximum absolute atomic E-state index is 15.4. The summed E-state index contributed by atoms with van der Waals surface area (Å²) in [6.45, 7) is 8.59. The number of carbonyl (C=O) groups excluding carboxylic acids is 2. The molecule has 0 spiro atoms. The van der Waals surface area contributed by atoms with E-state index in [-0.39, 0.29) is 17.9 Å². The van der Waals surface area contributed by atoms with Gasteiger partial charge in [-0.25, -0.2) is 14.2 Å². The predicted molar refractivity (Wildman–Crippen MR) is 151 cm³/mol. The monoisotopic (exact) mass is 563 g/mol. The van der Waals surface area contributed by atoms with Crippen molar-refractivity contribution in [3.8, 4) is 11.1 Å². The molecule has 1 aliphatic heterocycles. The number of aromatic nitrogens is 5. The number of likely N-dealkylation sites (tertiary alicyclic amines) is 1. The van der Waals surface area contributed by atoms with Gasteiger partial charge in [0.1, 0.15) is 5.82 Å². The molecule has 2 atom stereocenters. The number of amides is 3. The second kappa shape index (κ2) is 10.8. The van der Waals surface area contributed by atoms with Crippen LogP contribution in [0.4, 0.5) is 15.0 Å². The SMILES string of the molecule is C[C@H](NC(=O)c1noc(C(C)(C)C)n1)c1ccc(-c2ccnc3[nH]nc(N[C@@H]4CCN(C(=O)N(C)C)C4)c23)cc1F. The summed E-state index contributed by atoms with van der Waals surface area (Å²) in [5, 5.41) is 18.0. The molecule has 3 aromatic heterocycles. The summed E-state index contributed by atoms with van der Waals surface area (Å²) < 4.78 is 20.6. The van der Waals surface area contributed by atoms with Gasteiger partial charge in [-0.1, -0.05) is 38.1 Å². The zero-order valence-corrected chi connectivity index (χ0v) is 23.9. The van der Waals surface area contributed by atoms with Gasteiger partial charge >= 0.3 is 6.03 Å². The standard InChI is InChI=1S/C28H34FN9O3/c1-15(31-25(39)24-33-26(41-36-24)28(2,3)4)18-8-7-16(13-20(18)29)19-9-11-30-22-21(19)23(35-34-22)32-17-10-12-38(14-17)27(40)37(5)6/h7-9,11,13,15,17H,10,12,14H2,1-6H3,(H,31,39)(H2,30,32,34,35)/t15-,17+/m0/s1. The lowest BCUT2D eigenvalue weighted by atomic mass is 9.97. The van der Waals surface area contributed by atoms with E-state index in [1.165, 1.54) is 6.07 Å². The highest BCUT2D eigenvalue weighted by Crippen LogP contribution is 2.34. The number of rotatable bonds is 6. The Kier molecular flexibility index (Phi) is 7.37. The number of fused-ring (bicyclic) bond motifs is 1. The average molecular weight is 564 g/mol. The van der Waals surface area contributed by atoms with Gasteiger partial charge in [-0.05, 0) is 36.6 Å². The fourth-order valence-electron chi connectivity index (χ4n) is 4.83. The Labute approximate surface area is 236 Å². The highest BCUT2D eigenvalue weighted by molar-refractivity contribution is 6.00. The number of hydrogen-bond donors (Lipinski definition) is 3. The normalized spacial score (nSPS) is 16.2. The number of anilines is 1. The van der Waals surface area contributed by atoms with Crippen LogP contribution in [0.3, 0.4) is 0 Å². The summed E-state index contributed by atoms with van der Waals surface area (Å²) in [6.07, 6.45) is 2.41. The lowest BCUT2D eigenvalue weighted by Gasteiger charge is -2.21. The Balaban J connectivity index is 1.34. The molecule has 216 valence electrons. The summed E-state index contributed by atoms with van der Waals surface area (Å²) in [5.74, 6) is -0.199. The van der Waals surface area contributed by atoms with E-state index in [1.807, 2.05) is 26.8 Å². The van der Waals surface area contributed by atoms with Crippen molar-refractivity contribution >= 4 is 28.8 Å². The number of nitrogens with zero attached hydrogens (tertiary/aromatic N) is 6. The summed E-state index contributed by atoms with van der Waals surface area (Å²) >= 11 is 0. The minimum Gasteiger partial charge on any atom is -0.363 e. The first-order valence-corrected chi connectivity index (χ1v) is 13.4. The van der Waals surface area contributed by atoms with Crippen molar-refractivity contribution in [2.24, 2.45) is 0 Å². The van der Waals surface area contributed by atoms with Crippen LogP contribution in [0, 0.1) is 5.82 Å². The van der Waals surface area contributed by atoms with Gasteiger partial charge in [0.05, 0.1) is 11.4 Å². The third kappa shape index (κ3) is 5.70. The number of halogens is 1. The first-order chi connectivity index (χ1) is 19.4. The van der Waals surface area contributed by atoms with Crippen LogP contribution >= 0.6 is 0 Å². The molecule has 0 unspecified atom stereocenters. The van der Waals surface area contributed by atoms with Crippen LogP contribution in [-0.4, -0.2) is 80.3 Å². The van der Waals surface area contributed by atoms with E-state index in [2.05, 4.69) is 36.0 Å². The van der Waals surface area contributed by atoms with Crippen molar-refractivity contribution in [1.82, 2.24) is 40.4 Å². The maximum Gasteiger partial charge on any atom is 0.319 e. The molecule has 0 radical (unpaired) electrons. The van der Waals surface area contributed by atoms with Crippen molar-refractivity contribution in [3.63, 3.8) is 0 Å². The van der Waals surface area contributed by atoms with Gasteiger partial charge in [-0.2, -0.15) is 10.1 Å². The lowest BCUT2D eigenvalue weighted by molar-refractivity contribution is 0.0925. The largest absolute Gasteiger partial charge is 0.363 e.